The van der Waals surface area contributed by atoms with Gasteiger partial charge >= 0.3 is 0 Å². The van der Waals surface area contributed by atoms with Gasteiger partial charge in [-0.25, -0.2) is 0 Å². The molecule has 0 fully saturated rings. The molecular weight excluding hydrogens is 356 g/mol. The molecule has 0 amide bonds. The zero-order chi connectivity index (χ0) is 16.6. The largest absolute Gasteiger partial charge is 0.0854 e. The second-order valence-electron chi connectivity index (χ2n) is 5.40. The van der Waals surface area contributed by atoms with Gasteiger partial charge < -0.3 is 0 Å². The molecule has 0 aliphatic carbocycles. The summed E-state index contributed by atoms with van der Waals surface area (Å²) >= 11 is 3.70. The van der Waals surface area contributed by atoms with E-state index < -0.39 is 0 Å². The van der Waals surface area contributed by atoms with Crippen LogP contribution in [0.1, 0.15) is 22.6 Å². The van der Waals surface area contributed by atoms with Crippen LogP contribution in [0.3, 0.4) is 0 Å². The molecule has 0 aliphatic rings. The van der Waals surface area contributed by atoms with Crippen LogP contribution in [0, 0.1) is 11.8 Å². The third kappa shape index (κ3) is 4.47. The number of hydrogen-bond acceptors (Lipinski definition) is 0. The van der Waals surface area contributed by atoms with E-state index in [1.54, 1.807) is 0 Å². The Morgan fingerprint density at radius 1 is 0.750 bits per heavy atom. The van der Waals surface area contributed by atoms with Gasteiger partial charge in [0.25, 0.3) is 0 Å². The highest BCUT2D eigenvalue weighted by atomic mass is 79.9. The average Bonchev–Trinajstić information content (AvgIpc) is 2.67. The van der Waals surface area contributed by atoms with Crippen molar-refractivity contribution in [3.63, 3.8) is 0 Å². The molecule has 116 valence electrons. The van der Waals surface area contributed by atoms with Crippen LogP contribution in [0.15, 0.2) is 97.1 Å². The zero-order valence-electron chi connectivity index (χ0n) is 13.2. The Kier molecular flexibility index (Phi) is 5.66. The number of rotatable bonds is 3. The number of halogens is 1. The van der Waals surface area contributed by atoms with E-state index in [0.29, 0.717) is 0 Å². The molecule has 0 aromatic heterocycles. The van der Waals surface area contributed by atoms with Gasteiger partial charge in [-0.15, -0.1) is 0 Å². The van der Waals surface area contributed by atoms with E-state index in [1.165, 1.54) is 5.56 Å². The Balaban J connectivity index is 1.96. The molecule has 0 radical (unpaired) electrons. The molecule has 1 atom stereocenters. The minimum absolute atomic E-state index is 0.0287. The molecule has 24 heavy (non-hydrogen) atoms. The first kappa shape index (κ1) is 16.3. The van der Waals surface area contributed by atoms with Crippen molar-refractivity contribution in [2.24, 2.45) is 0 Å². The van der Waals surface area contributed by atoms with Gasteiger partial charge in [0.05, 0.1) is 5.92 Å². The van der Waals surface area contributed by atoms with E-state index in [0.717, 1.165) is 15.6 Å². The van der Waals surface area contributed by atoms with Crippen LogP contribution in [0.2, 0.25) is 0 Å². The lowest BCUT2D eigenvalue weighted by Crippen LogP contribution is -1.93. The first-order chi connectivity index (χ1) is 11.8. The Morgan fingerprint density at radius 3 is 1.92 bits per heavy atom. The summed E-state index contributed by atoms with van der Waals surface area (Å²) in [6, 6.07) is 30.7. The lowest BCUT2D eigenvalue weighted by atomic mass is 9.98. The quantitative estimate of drug-likeness (QED) is 0.476. The summed E-state index contributed by atoms with van der Waals surface area (Å²) in [5.41, 5.74) is 3.37. The molecule has 3 aromatic rings. The molecule has 0 N–H and O–H groups in total. The van der Waals surface area contributed by atoms with Crippen LogP contribution >= 0.6 is 15.9 Å². The van der Waals surface area contributed by atoms with Gasteiger partial charge in [-0.05, 0) is 23.3 Å². The van der Waals surface area contributed by atoms with Gasteiger partial charge in [0, 0.05) is 10.0 Å². The summed E-state index contributed by atoms with van der Waals surface area (Å²) in [6.45, 7) is 0. The molecule has 0 spiro atoms. The Morgan fingerprint density at radius 2 is 1.29 bits per heavy atom. The Labute approximate surface area is 152 Å². The maximum atomic E-state index is 3.70. The van der Waals surface area contributed by atoms with Crippen molar-refractivity contribution in [3.05, 3.63) is 114 Å². The molecule has 1 unspecified atom stereocenters. The van der Waals surface area contributed by atoms with E-state index in [1.807, 2.05) is 54.6 Å². The van der Waals surface area contributed by atoms with Gasteiger partial charge in [-0.1, -0.05) is 113 Å². The second-order valence-corrected chi connectivity index (χ2v) is 6.26. The molecule has 1 heteroatoms. The summed E-state index contributed by atoms with van der Waals surface area (Å²) in [7, 11) is 0. The first-order valence-corrected chi connectivity index (χ1v) is 8.66. The van der Waals surface area contributed by atoms with Crippen molar-refractivity contribution in [2.45, 2.75) is 5.92 Å². The normalized spacial score (nSPS) is 12.1. The molecule has 0 aliphatic heterocycles. The summed E-state index contributed by atoms with van der Waals surface area (Å²) in [5, 5.41) is 0. The van der Waals surface area contributed by atoms with Gasteiger partial charge in [0.15, 0.2) is 0 Å². The summed E-state index contributed by atoms with van der Waals surface area (Å²) < 4.78 is 1.05. The fourth-order valence-corrected chi connectivity index (χ4v) is 2.93. The van der Waals surface area contributed by atoms with Crippen LogP contribution in [0.25, 0.3) is 4.48 Å². The van der Waals surface area contributed by atoms with E-state index in [9.17, 15) is 0 Å². The summed E-state index contributed by atoms with van der Waals surface area (Å²) in [5.74, 6) is 6.71. The SMILES string of the molecule is Br/C(=C/C(C#Cc1ccccc1)c1ccccc1)c1ccccc1. The van der Waals surface area contributed by atoms with E-state index in [2.05, 4.69) is 70.2 Å². The van der Waals surface area contributed by atoms with Crippen LogP contribution in [-0.2, 0) is 0 Å². The highest BCUT2D eigenvalue weighted by Crippen LogP contribution is 2.27. The third-order valence-electron chi connectivity index (χ3n) is 3.67. The molecule has 0 nitrogen and oxygen atoms in total. The van der Waals surface area contributed by atoms with Crippen LogP contribution in [0.4, 0.5) is 0 Å². The smallest absolute Gasteiger partial charge is 0.0650 e. The van der Waals surface area contributed by atoms with Crippen molar-refractivity contribution in [1.29, 1.82) is 0 Å². The van der Waals surface area contributed by atoms with E-state index >= 15 is 0 Å². The average molecular weight is 373 g/mol. The molecule has 0 heterocycles. The number of allylic oxidation sites excluding steroid dienone is 1. The Bertz CT molecular complexity index is 853. The van der Waals surface area contributed by atoms with Crippen molar-refractivity contribution in [1.82, 2.24) is 0 Å². The zero-order valence-corrected chi connectivity index (χ0v) is 14.8. The van der Waals surface area contributed by atoms with E-state index in [4.69, 9.17) is 0 Å². The highest BCUT2D eigenvalue weighted by molar-refractivity contribution is 9.15. The molecular formula is C23H17Br. The minimum atomic E-state index is 0.0287. The summed E-state index contributed by atoms with van der Waals surface area (Å²) in [6.07, 6.45) is 2.17. The number of hydrogen-bond donors (Lipinski definition) is 0. The molecule has 3 rings (SSSR count). The predicted octanol–water partition coefficient (Wildman–Crippen LogP) is 6.26. The third-order valence-corrected chi connectivity index (χ3v) is 4.39. The van der Waals surface area contributed by atoms with Crippen molar-refractivity contribution >= 4 is 20.4 Å². The topological polar surface area (TPSA) is 0 Å². The molecule has 0 bridgehead atoms. The van der Waals surface area contributed by atoms with Gasteiger partial charge in [0.1, 0.15) is 0 Å². The maximum absolute atomic E-state index is 3.70. The monoisotopic (exact) mass is 372 g/mol. The van der Waals surface area contributed by atoms with Crippen LogP contribution in [0.5, 0.6) is 0 Å². The maximum Gasteiger partial charge on any atom is 0.0650 e. The standard InChI is InChI=1S/C23H17Br/c24-23(21-14-8-3-9-15-21)18-22(20-12-6-2-7-13-20)17-16-19-10-4-1-5-11-19/h1-15,18,22H/b23-18+. The fraction of sp³-hybridized carbons (Fsp3) is 0.0435. The fourth-order valence-electron chi connectivity index (χ4n) is 2.40. The van der Waals surface area contributed by atoms with Crippen LogP contribution in [-0.4, -0.2) is 0 Å². The van der Waals surface area contributed by atoms with Gasteiger partial charge in [-0.2, -0.15) is 0 Å². The van der Waals surface area contributed by atoms with Crippen molar-refractivity contribution in [3.8, 4) is 11.8 Å². The van der Waals surface area contributed by atoms with Gasteiger partial charge in [-0.3, -0.25) is 0 Å². The first-order valence-electron chi connectivity index (χ1n) is 7.87. The van der Waals surface area contributed by atoms with Gasteiger partial charge in [0.2, 0.25) is 0 Å². The molecule has 0 saturated carbocycles. The molecule has 0 saturated heterocycles. The number of benzene rings is 3. The lowest BCUT2D eigenvalue weighted by molar-refractivity contribution is 1.13. The predicted molar refractivity (Wildman–Crippen MR) is 106 cm³/mol. The molecule has 3 aromatic carbocycles. The van der Waals surface area contributed by atoms with Crippen LogP contribution < -0.4 is 0 Å². The summed E-state index contributed by atoms with van der Waals surface area (Å²) in [4.78, 5) is 0. The van der Waals surface area contributed by atoms with Crippen molar-refractivity contribution < 1.29 is 0 Å². The minimum Gasteiger partial charge on any atom is -0.0854 e. The highest BCUT2D eigenvalue weighted by Gasteiger charge is 2.07. The van der Waals surface area contributed by atoms with Crippen molar-refractivity contribution in [2.75, 3.05) is 0 Å². The lowest BCUT2D eigenvalue weighted by Gasteiger charge is -2.08. The second kappa shape index (κ2) is 8.34. The Hall–Kier alpha value is -2.56. The van der Waals surface area contributed by atoms with E-state index in [-0.39, 0.29) is 5.92 Å².